The summed E-state index contributed by atoms with van der Waals surface area (Å²) in [5.41, 5.74) is 0.174. The summed E-state index contributed by atoms with van der Waals surface area (Å²) in [5, 5.41) is 18.6. The molecule has 13 heavy (non-hydrogen) atoms. The van der Waals surface area contributed by atoms with Gasteiger partial charge in [0.1, 0.15) is 5.69 Å². The zero-order valence-electron chi connectivity index (χ0n) is 6.56. The van der Waals surface area contributed by atoms with Gasteiger partial charge in [0.05, 0.1) is 6.42 Å². The highest BCUT2D eigenvalue weighted by Gasteiger charge is 2.15. The van der Waals surface area contributed by atoms with Gasteiger partial charge in [-0.1, -0.05) is 0 Å². The normalized spacial score (nSPS) is 9.85. The molecule has 2 N–H and O–H groups in total. The number of H-pyrrole nitrogens is 1. The number of imidazole rings is 1. The van der Waals surface area contributed by atoms with Gasteiger partial charge < -0.3 is 15.2 Å². The Morgan fingerprint density at radius 1 is 1.77 bits per heavy atom. The van der Waals surface area contributed by atoms with Crippen LogP contribution in [0.1, 0.15) is 12.1 Å². The van der Waals surface area contributed by atoms with E-state index in [1.54, 1.807) is 0 Å². The molecular formula is C6H7N3O4. The van der Waals surface area contributed by atoms with Crippen LogP contribution in [0.25, 0.3) is 0 Å². The van der Waals surface area contributed by atoms with Crippen LogP contribution in [0.4, 0.5) is 5.82 Å². The van der Waals surface area contributed by atoms with Crippen LogP contribution in [0.2, 0.25) is 0 Å². The third kappa shape index (κ3) is 2.26. The molecule has 0 unspecified atom stereocenters. The number of aliphatic carboxylic acids is 1. The van der Waals surface area contributed by atoms with Crippen molar-refractivity contribution in [3.63, 3.8) is 0 Å². The highest BCUT2D eigenvalue weighted by molar-refractivity contribution is 5.67. The third-order valence-electron chi connectivity index (χ3n) is 1.45. The highest BCUT2D eigenvalue weighted by Crippen LogP contribution is 2.13. The minimum atomic E-state index is -1.00. The maximum atomic E-state index is 10.3. The SMILES string of the molecule is O=C(O)CCc1nc[nH]c1[N+](=O)[O-]. The molecule has 0 fully saturated rings. The van der Waals surface area contributed by atoms with Gasteiger partial charge in [-0.05, 0) is 4.92 Å². The number of aromatic nitrogens is 2. The summed E-state index contributed by atoms with van der Waals surface area (Å²) in [6, 6.07) is 0. The minimum Gasteiger partial charge on any atom is -0.481 e. The summed E-state index contributed by atoms with van der Waals surface area (Å²) < 4.78 is 0. The second-order valence-electron chi connectivity index (χ2n) is 2.35. The Kier molecular flexibility index (Phi) is 2.58. The van der Waals surface area contributed by atoms with Crippen LogP contribution in [0.5, 0.6) is 0 Å². The van der Waals surface area contributed by atoms with Crippen molar-refractivity contribution in [2.75, 3.05) is 0 Å². The van der Waals surface area contributed by atoms with Gasteiger partial charge in [-0.2, -0.15) is 0 Å². The lowest BCUT2D eigenvalue weighted by Crippen LogP contribution is -2.00. The molecule has 1 aromatic rings. The van der Waals surface area contributed by atoms with Gasteiger partial charge in [-0.25, -0.2) is 9.97 Å². The Bertz CT molecular complexity index is 332. The number of carboxylic acids is 1. The summed E-state index contributed by atoms with van der Waals surface area (Å²) in [7, 11) is 0. The number of nitrogens with zero attached hydrogens (tertiary/aromatic N) is 2. The van der Waals surface area contributed by atoms with E-state index in [-0.39, 0.29) is 24.4 Å². The number of aryl methyl sites for hydroxylation is 1. The molecule has 0 saturated heterocycles. The van der Waals surface area contributed by atoms with Crippen molar-refractivity contribution in [3.05, 3.63) is 22.1 Å². The van der Waals surface area contributed by atoms with Crippen molar-refractivity contribution in [2.45, 2.75) is 12.8 Å². The van der Waals surface area contributed by atoms with Crippen LogP contribution in [0.3, 0.4) is 0 Å². The van der Waals surface area contributed by atoms with E-state index in [1.165, 1.54) is 6.33 Å². The molecule has 0 spiro atoms. The first kappa shape index (κ1) is 9.17. The second kappa shape index (κ2) is 3.65. The lowest BCUT2D eigenvalue weighted by atomic mass is 10.2. The Morgan fingerprint density at radius 3 is 3.00 bits per heavy atom. The van der Waals surface area contributed by atoms with Crippen LogP contribution in [0, 0.1) is 10.1 Å². The molecule has 0 bridgehead atoms. The van der Waals surface area contributed by atoms with Crippen molar-refractivity contribution >= 4 is 11.8 Å². The molecular weight excluding hydrogens is 178 g/mol. The van der Waals surface area contributed by atoms with Gasteiger partial charge >= 0.3 is 11.8 Å². The average molecular weight is 185 g/mol. The quantitative estimate of drug-likeness (QED) is 0.519. The third-order valence-corrected chi connectivity index (χ3v) is 1.45. The first-order chi connectivity index (χ1) is 6.11. The second-order valence-corrected chi connectivity index (χ2v) is 2.35. The number of hydrogen-bond acceptors (Lipinski definition) is 4. The smallest absolute Gasteiger partial charge is 0.343 e. The minimum absolute atomic E-state index is 0.0646. The van der Waals surface area contributed by atoms with E-state index in [4.69, 9.17) is 5.11 Å². The molecule has 0 saturated carbocycles. The van der Waals surface area contributed by atoms with Crippen LogP contribution < -0.4 is 0 Å². The Morgan fingerprint density at radius 2 is 2.46 bits per heavy atom. The van der Waals surface area contributed by atoms with E-state index in [0.29, 0.717) is 0 Å². The van der Waals surface area contributed by atoms with Gasteiger partial charge in [-0.15, -0.1) is 0 Å². The predicted octanol–water partition coefficient (Wildman–Crippen LogP) is 0.335. The molecule has 1 aromatic heterocycles. The molecule has 7 heteroatoms. The zero-order chi connectivity index (χ0) is 9.84. The lowest BCUT2D eigenvalue weighted by molar-refractivity contribution is -0.390. The van der Waals surface area contributed by atoms with Crippen molar-refractivity contribution in [2.24, 2.45) is 0 Å². The standard InChI is InChI=1S/C6H7N3O4/c10-5(11)2-1-4-6(9(12)13)8-3-7-4/h3H,1-2H2,(H,7,8)(H,10,11). The predicted molar refractivity (Wildman–Crippen MR) is 41.2 cm³/mol. The van der Waals surface area contributed by atoms with Crippen molar-refractivity contribution < 1.29 is 14.8 Å². The van der Waals surface area contributed by atoms with E-state index in [0.717, 1.165) is 0 Å². The van der Waals surface area contributed by atoms with Crippen LogP contribution in [0.15, 0.2) is 6.33 Å². The summed E-state index contributed by atoms with van der Waals surface area (Å²) in [6.45, 7) is 0. The molecule has 0 aliphatic heterocycles. The van der Waals surface area contributed by atoms with Gasteiger partial charge in [-0.3, -0.25) is 4.79 Å². The van der Waals surface area contributed by atoms with Gasteiger partial charge in [0, 0.05) is 6.42 Å². The molecule has 0 aliphatic carbocycles. The van der Waals surface area contributed by atoms with Crippen LogP contribution in [-0.2, 0) is 11.2 Å². The number of carbonyl (C=O) groups is 1. The maximum Gasteiger partial charge on any atom is 0.343 e. The molecule has 0 aliphatic rings. The maximum absolute atomic E-state index is 10.3. The number of nitro groups is 1. The summed E-state index contributed by atoms with van der Waals surface area (Å²) in [4.78, 5) is 25.8. The number of rotatable bonds is 4. The first-order valence-electron chi connectivity index (χ1n) is 3.49. The Hall–Kier alpha value is -1.92. The molecule has 0 radical (unpaired) electrons. The van der Waals surface area contributed by atoms with Crippen molar-refractivity contribution in [1.29, 1.82) is 0 Å². The van der Waals surface area contributed by atoms with E-state index in [1.807, 2.05) is 0 Å². The molecule has 7 nitrogen and oxygen atoms in total. The Labute approximate surface area is 72.6 Å². The summed E-state index contributed by atoms with van der Waals surface area (Å²) in [6.07, 6.45) is 1.08. The molecule has 1 rings (SSSR count). The highest BCUT2D eigenvalue weighted by atomic mass is 16.6. The molecule has 0 amide bonds. The van der Waals surface area contributed by atoms with E-state index in [9.17, 15) is 14.9 Å². The summed E-state index contributed by atoms with van der Waals surface area (Å²) in [5.74, 6) is -1.24. The van der Waals surface area contributed by atoms with Crippen molar-refractivity contribution in [1.82, 2.24) is 9.97 Å². The molecule has 70 valence electrons. The lowest BCUT2D eigenvalue weighted by Gasteiger charge is -1.94. The van der Waals surface area contributed by atoms with Crippen LogP contribution in [-0.4, -0.2) is 26.0 Å². The molecule has 1 heterocycles. The molecule has 0 atom stereocenters. The fourth-order valence-electron chi connectivity index (χ4n) is 0.882. The first-order valence-corrected chi connectivity index (χ1v) is 3.49. The zero-order valence-corrected chi connectivity index (χ0v) is 6.56. The monoisotopic (exact) mass is 185 g/mol. The van der Waals surface area contributed by atoms with E-state index >= 15 is 0 Å². The van der Waals surface area contributed by atoms with E-state index < -0.39 is 10.9 Å². The number of hydrogen-bond donors (Lipinski definition) is 2. The average Bonchev–Trinajstić information content (AvgIpc) is 2.47. The fourth-order valence-corrected chi connectivity index (χ4v) is 0.882. The Balaban J connectivity index is 2.71. The summed E-state index contributed by atoms with van der Waals surface area (Å²) >= 11 is 0. The van der Waals surface area contributed by atoms with Crippen molar-refractivity contribution in [3.8, 4) is 0 Å². The van der Waals surface area contributed by atoms with Crippen LogP contribution >= 0.6 is 0 Å². The van der Waals surface area contributed by atoms with Gasteiger partial charge in [0.25, 0.3) is 0 Å². The fraction of sp³-hybridized carbons (Fsp3) is 0.333. The molecule has 0 aromatic carbocycles. The number of nitrogens with one attached hydrogen (secondary N) is 1. The number of carboxylic acid groups (broad SMARTS) is 1. The number of aromatic amines is 1. The van der Waals surface area contributed by atoms with Gasteiger partial charge in [0.2, 0.25) is 0 Å². The topological polar surface area (TPSA) is 109 Å². The van der Waals surface area contributed by atoms with E-state index in [2.05, 4.69) is 9.97 Å². The largest absolute Gasteiger partial charge is 0.481 e. The van der Waals surface area contributed by atoms with Gasteiger partial charge in [0.15, 0.2) is 6.33 Å².